The lowest BCUT2D eigenvalue weighted by atomic mass is 10.1. The van der Waals surface area contributed by atoms with Crippen molar-refractivity contribution in [3.05, 3.63) is 65.5 Å². The number of aryl methyl sites for hydroxylation is 1. The zero-order chi connectivity index (χ0) is 21.5. The monoisotopic (exact) mass is 412 g/mol. The standard InChI is InChI=1S/C23H29FN4O2/c1-18-6-3-4-7-19(18)15-27-10-12-28(13-11-27)23(30)17-26(2)16-22(29)25-21-9-5-8-20(24)14-21/h3-9,14H,10-13,15-17H2,1-2H3,(H,25,29). The first-order chi connectivity index (χ1) is 14.4. The molecule has 0 unspecified atom stereocenters. The lowest BCUT2D eigenvalue weighted by Gasteiger charge is -2.35. The van der Waals surface area contributed by atoms with Gasteiger partial charge in [-0.1, -0.05) is 30.3 Å². The van der Waals surface area contributed by atoms with E-state index < -0.39 is 5.82 Å². The fraction of sp³-hybridized carbons (Fsp3) is 0.391. The van der Waals surface area contributed by atoms with Crippen LogP contribution in [0.4, 0.5) is 10.1 Å². The first-order valence-corrected chi connectivity index (χ1v) is 10.2. The van der Waals surface area contributed by atoms with Gasteiger partial charge in [0.2, 0.25) is 11.8 Å². The van der Waals surface area contributed by atoms with Crippen molar-refractivity contribution >= 4 is 17.5 Å². The van der Waals surface area contributed by atoms with Gasteiger partial charge in [0, 0.05) is 38.4 Å². The number of halogens is 1. The minimum atomic E-state index is -0.405. The Balaban J connectivity index is 1.40. The number of likely N-dealkylation sites (N-methyl/N-ethyl adjacent to an activating group) is 1. The molecule has 1 heterocycles. The van der Waals surface area contributed by atoms with E-state index in [1.165, 1.54) is 29.3 Å². The van der Waals surface area contributed by atoms with Crippen LogP contribution in [0.1, 0.15) is 11.1 Å². The Morgan fingerprint density at radius 2 is 1.77 bits per heavy atom. The van der Waals surface area contributed by atoms with Gasteiger partial charge in [0.1, 0.15) is 5.82 Å². The molecule has 6 nitrogen and oxygen atoms in total. The number of benzene rings is 2. The van der Waals surface area contributed by atoms with Crippen molar-refractivity contribution in [2.24, 2.45) is 0 Å². The maximum Gasteiger partial charge on any atom is 0.238 e. The third kappa shape index (κ3) is 6.37. The van der Waals surface area contributed by atoms with Crippen molar-refractivity contribution in [1.29, 1.82) is 0 Å². The molecule has 0 saturated carbocycles. The van der Waals surface area contributed by atoms with E-state index in [0.717, 1.165) is 19.6 Å². The summed E-state index contributed by atoms with van der Waals surface area (Å²) in [5.74, 6) is -0.663. The number of rotatable bonds is 7. The number of hydrogen-bond acceptors (Lipinski definition) is 4. The van der Waals surface area contributed by atoms with E-state index in [1.54, 1.807) is 18.0 Å². The van der Waals surface area contributed by atoms with E-state index in [9.17, 15) is 14.0 Å². The maximum absolute atomic E-state index is 13.2. The molecule has 7 heteroatoms. The normalized spacial score (nSPS) is 14.7. The summed E-state index contributed by atoms with van der Waals surface area (Å²) in [6.07, 6.45) is 0. The molecule has 0 bridgehead atoms. The summed E-state index contributed by atoms with van der Waals surface area (Å²) in [4.78, 5) is 30.6. The third-order valence-electron chi connectivity index (χ3n) is 5.31. The van der Waals surface area contributed by atoms with Crippen LogP contribution in [-0.4, -0.2) is 72.8 Å². The number of nitrogens with one attached hydrogen (secondary N) is 1. The first kappa shape index (κ1) is 21.9. The van der Waals surface area contributed by atoms with Crippen molar-refractivity contribution in [2.45, 2.75) is 13.5 Å². The van der Waals surface area contributed by atoms with Gasteiger partial charge in [-0.15, -0.1) is 0 Å². The molecule has 160 valence electrons. The molecule has 0 atom stereocenters. The van der Waals surface area contributed by atoms with E-state index in [4.69, 9.17) is 0 Å². The average molecular weight is 413 g/mol. The fourth-order valence-corrected chi connectivity index (χ4v) is 3.58. The molecule has 1 N–H and O–H groups in total. The maximum atomic E-state index is 13.2. The molecular formula is C23H29FN4O2. The van der Waals surface area contributed by atoms with Crippen molar-refractivity contribution in [3.63, 3.8) is 0 Å². The Hall–Kier alpha value is -2.77. The molecular weight excluding hydrogens is 383 g/mol. The summed E-state index contributed by atoms with van der Waals surface area (Å²) < 4.78 is 13.2. The zero-order valence-electron chi connectivity index (χ0n) is 17.6. The van der Waals surface area contributed by atoms with Crippen LogP contribution in [0.2, 0.25) is 0 Å². The molecule has 1 aliphatic rings. The molecule has 3 rings (SSSR count). The second-order valence-electron chi connectivity index (χ2n) is 7.81. The van der Waals surface area contributed by atoms with Crippen LogP contribution in [0.5, 0.6) is 0 Å². The summed E-state index contributed by atoms with van der Waals surface area (Å²) >= 11 is 0. The molecule has 2 aromatic carbocycles. The van der Waals surface area contributed by atoms with Crippen LogP contribution in [0.3, 0.4) is 0 Å². The Morgan fingerprint density at radius 3 is 2.47 bits per heavy atom. The van der Waals surface area contributed by atoms with Crippen molar-refractivity contribution < 1.29 is 14.0 Å². The largest absolute Gasteiger partial charge is 0.339 e. The van der Waals surface area contributed by atoms with Gasteiger partial charge < -0.3 is 10.2 Å². The summed E-state index contributed by atoms with van der Waals surface area (Å²) in [7, 11) is 1.73. The van der Waals surface area contributed by atoms with E-state index in [2.05, 4.69) is 35.3 Å². The Kier molecular flexibility index (Phi) is 7.54. The SMILES string of the molecule is Cc1ccccc1CN1CCN(C(=O)CN(C)CC(=O)Nc2cccc(F)c2)CC1. The molecule has 1 aliphatic heterocycles. The molecule has 2 amide bonds. The third-order valence-corrected chi connectivity index (χ3v) is 5.31. The number of hydrogen-bond donors (Lipinski definition) is 1. The molecule has 2 aromatic rings. The highest BCUT2D eigenvalue weighted by Gasteiger charge is 2.22. The molecule has 1 saturated heterocycles. The van der Waals surface area contributed by atoms with Crippen molar-refractivity contribution in [3.8, 4) is 0 Å². The Bertz CT molecular complexity index is 881. The van der Waals surface area contributed by atoms with Crippen LogP contribution in [0, 0.1) is 12.7 Å². The number of anilines is 1. The number of piperazine rings is 1. The van der Waals surface area contributed by atoms with Gasteiger partial charge in [-0.25, -0.2) is 4.39 Å². The predicted molar refractivity (Wildman–Crippen MR) is 116 cm³/mol. The molecule has 0 aliphatic carbocycles. The number of carbonyl (C=O) groups is 2. The zero-order valence-corrected chi connectivity index (χ0v) is 17.6. The number of amides is 2. The van der Waals surface area contributed by atoms with Gasteiger partial charge in [-0.05, 0) is 43.3 Å². The molecule has 0 aromatic heterocycles. The molecule has 0 spiro atoms. The number of carbonyl (C=O) groups excluding carboxylic acids is 2. The van der Waals surface area contributed by atoms with Gasteiger partial charge in [0.15, 0.2) is 0 Å². The molecule has 0 radical (unpaired) electrons. The van der Waals surface area contributed by atoms with Crippen LogP contribution in [0.25, 0.3) is 0 Å². The summed E-state index contributed by atoms with van der Waals surface area (Å²) in [6.45, 7) is 6.31. The highest BCUT2D eigenvalue weighted by molar-refractivity contribution is 5.92. The second kappa shape index (κ2) is 10.3. The molecule has 30 heavy (non-hydrogen) atoms. The van der Waals surface area contributed by atoms with E-state index in [1.807, 2.05) is 11.0 Å². The second-order valence-corrected chi connectivity index (χ2v) is 7.81. The van der Waals surface area contributed by atoms with Crippen LogP contribution >= 0.6 is 0 Å². The minimum absolute atomic E-state index is 0.0200. The highest BCUT2D eigenvalue weighted by Crippen LogP contribution is 2.13. The number of nitrogens with zero attached hydrogens (tertiary/aromatic N) is 3. The van der Waals surface area contributed by atoms with Gasteiger partial charge in [-0.3, -0.25) is 19.4 Å². The average Bonchev–Trinajstić information content (AvgIpc) is 2.70. The fourth-order valence-electron chi connectivity index (χ4n) is 3.58. The highest BCUT2D eigenvalue weighted by atomic mass is 19.1. The minimum Gasteiger partial charge on any atom is -0.339 e. The van der Waals surface area contributed by atoms with E-state index >= 15 is 0 Å². The summed E-state index contributed by atoms with van der Waals surface area (Å²) in [6, 6.07) is 14.1. The summed E-state index contributed by atoms with van der Waals surface area (Å²) in [5, 5.41) is 2.65. The van der Waals surface area contributed by atoms with Crippen LogP contribution in [0.15, 0.2) is 48.5 Å². The van der Waals surface area contributed by atoms with E-state index in [-0.39, 0.29) is 24.9 Å². The van der Waals surface area contributed by atoms with Gasteiger partial charge in [-0.2, -0.15) is 0 Å². The van der Waals surface area contributed by atoms with Gasteiger partial charge in [0.05, 0.1) is 13.1 Å². The first-order valence-electron chi connectivity index (χ1n) is 10.2. The van der Waals surface area contributed by atoms with E-state index in [0.29, 0.717) is 18.8 Å². The Morgan fingerprint density at radius 1 is 1.03 bits per heavy atom. The van der Waals surface area contributed by atoms with Crippen LogP contribution < -0.4 is 5.32 Å². The van der Waals surface area contributed by atoms with Crippen molar-refractivity contribution in [2.75, 3.05) is 51.6 Å². The lowest BCUT2D eigenvalue weighted by molar-refractivity contribution is -0.134. The van der Waals surface area contributed by atoms with Gasteiger partial charge in [0.25, 0.3) is 0 Å². The summed E-state index contributed by atoms with van der Waals surface area (Å²) in [5.41, 5.74) is 3.01. The Labute approximate surface area is 177 Å². The lowest BCUT2D eigenvalue weighted by Crippen LogP contribution is -2.51. The van der Waals surface area contributed by atoms with Gasteiger partial charge >= 0.3 is 0 Å². The predicted octanol–water partition coefficient (Wildman–Crippen LogP) is 2.35. The molecule has 1 fully saturated rings. The quantitative estimate of drug-likeness (QED) is 0.759. The van der Waals surface area contributed by atoms with Crippen molar-refractivity contribution in [1.82, 2.24) is 14.7 Å². The smallest absolute Gasteiger partial charge is 0.238 e. The topological polar surface area (TPSA) is 55.9 Å². The van der Waals surface area contributed by atoms with Crippen LogP contribution in [-0.2, 0) is 16.1 Å².